The molecule has 0 saturated carbocycles. The van der Waals surface area contributed by atoms with E-state index < -0.39 is 23.0 Å². The standard InChI is InChI=1S/C16H21N3O3/c1-15(2,3)16(13(17)20,19-14(21)22)8-10-9-18-12-7-5-4-6-11(10)12/h4-7,9,18-19H,8H2,1-3H3,(H2,17,20)(H,21,22)/t16-/m0/s1. The molecular weight excluding hydrogens is 282 g/mol. The van der Waals surface area contributed by atoms with Crippen molar-refractivity contribution in [1.29, 1.82) is 0 Å². The summed E-state index contributed by atoms with van der Waals surface area (Å²) in [6.07, 6.45) is 0.702. The second kappa shape index (κ2) is 5.36. The Kier molecular flexibility index (Phi) is 3.87. The molecule has 0 aliphatic carbocycles. The largest absolute Gasteiger partial charge is 0.465 e. The molecule has 0 fully saturated rings. The van der Waals surface area contributed by atoms with Gasteiger partial charge in [0.05, 0.1) is 0 Å². The lowest BCUT2D eigenvalue weighted by atomic mass is 9.69. The van der Waals surface area contributed by atoms with Crippen LogP contribution in [0.15, 0.2) is 30.5 Å². The summed E-state index contributed by atoms with van der Waals surface area (Å²) in [5.74, 6) is -0.687. The monoisotopic (exact) mass is 303 g/mol. The van der Waals surface area contributed by atoms with Crippen LogP contribution < -0.4 is 11.1 Å². The van der Waals surface area contributed by atoms with Crippen LogP contribution in [0.3, 0.4) is 0 Å². The molecule has 118 valence electrons. The van der Waals surface area contributed by atoms with E-state index in [0.717, 1.165) is 16.5 Å². The highest BCUT2D eigenvalue weighted by Crippen LogP contribution is 2.35. The maximum atomic E-state index is 12.2. The minimum absolute atomic E-state index is 0.183. The topological polar surface area (TPSA) is 108 Å². The molecule has 1 aromatic heterocycles. The zero-order chi connectivity index (χ0) is 16.5. The second-order valence-corrected chi connectivity index (χ2v) is 6.49. The van der Waals surface area contributed by atoms with Gasteiger partial charge in [0.25, 0.3) is 0 Å². The average molecular weight is 303 g/mol. The molecule has 6 nitrogen and oxygen atoms in total. The van der Waals surface area contributed by atoms with E-state index >= 15 is 0 Å². The number of hydrogen-bond donors (Lipinski definition) is 4. The Labute approximate surface area is 128 Å². The number of H-pyrrole nitrogens is 1. The Morgan fingerprint density at radius 1 is 1.27 bits per heavy atom. The molecule has 1 heterocycles. The van der Waals surface area contributed by atoms with Crippen LogP contribution >= 0.6 is 0 Å². The van der Waals surface area contributed by atoms with Gasteiger partial charge in [-0.05, 0) is 17.0 Å². The van der Waals surface area contributed by atoms with Crippen molar-refractivity contribution in [2.45, 2.75) is 32.7 Å². The number of carboxylic acid groups (broad SMARTS) is 1. The quantitative estimate of drug-likeness (QED) is 0.695. The molecular formula is C16H21N3O3. The van der Waals surface area contributed by atoms with E-state index in [4.69, 9.17) is 5.73 Å². The molecule has 0 aliphatic heterocycles. The van der Waals surface area contributed by atoms with Gasteiger partial charge in [0.15, 0.2) is 0 Å². The number of carbonyl (C=O) groups excluding carboxylic acids is 1. The maximum Gasteiger partial charge on any atom is 0.405 e. The van der Waals surface area contributed by atoms with Crippen molar-refractivity contribution in [2.75, 3.05) is 0 Å². The lowest BCUT2D eigenvalue weighted by Gasteiger charge is -2.42. The van der Waals surface area contributed by atoms with Crippen LogP contribution in [0.2, 0.25) is 0 Å². The maximum absolute atomic E-state index is 12.2. The summed E-state index contributed by atoms with van der Waals surface area (Å²) in [5.41, 5.74) is 5.28. The van der Waals surface area contributed by atoms with E-state index in [1.165, 1.54) is 0 Å². The zero-order valence-corrected chi connectivity index (χ0v) is 12.9. The van der Waals surface area contributed by atoms with Crippen molar-refractivity contribution in [3.05, 3.63) is 36.0 Å². The number of benzene rings is 1. The number of aromatic amines is 1. The van der Waals surface area contributed by atoms with Crippen LogP contribution in [0.1, 0.15) is 26.3 Å². The van der Waals surface area contributed by atoms with Crippen molar-refractivity contribution >= 4 is 22.9 Å². The van der Waals surface area contributed by atoms with Crippen LogP contribution in [0.5, 0.6) is 0 Å². The van der Waals surface area contributed by atoms with Crippen LogP contribution in [0.4, 0.5) is 4.79 Å². The normalized spacial score (nSPS) is 14.5. The SMILES string of the molecule is CC(C)(C)[C@@](Cc1c[nH]c2ccccc12)(NC(=O)O)C(N)=O. The molecule has 0 bridgehead atoms. The lowest BCUT2D eigenvalue weighted by molar-refractivity contribution is -0.128. The van der Waals surface area contributed by atoms with Gasteiger partial charge in [-0.3, -0.25) is 4.79 Å². The summed E-state index contributed by atoms with van der Waals surface area (Å²) in [7, 11) is 0. The minimum Gasteiger partial charge on any atom is -0.465 e. The van der Waals surface area contributed by atoms with Gasteiger partial charge in [-0.25, -0.2) is 4.79 Å². The number of nitrogens with one attached hydrogen (secondary N) is 2. The summed E-state index contributed by atoms with van der Waals surface area (Å²) in [6, 6.07) is 7.65. The van der Waals surface area contributed by atoms with E-state index in [1.807, 2.05) is 24.3 Å². The van der Waals surface area contributed by atoms with E-state index in [9.17, 15) is 14.7 Å². The Balaban J connectivity index is 2.54. The number of amides is 2. The third-order valence-corrected chi connectivity index (χ3v) is 4.15. The molecule has 2 amide bonds. The number of aromatic nitrogens is 1. The van der Waals surface area contributed by atoms with Gasteiger partial charge in [-0.1, -0.05) is 39.0 Å². The molecule has 6 heteroatoms. The highest BCUT2D eigenvalue weighted by atomic mass is 16.4. The van der Waals surface area contributed by atoms with E-state index in [-0.39, 0.29) is 6.42 Å². The molecule has 1 atom stereocenters. The summed E-state index contributed by atoms with van der Waals surface area (Å²) in [5, 5.41) is 12.5. The van der Waals surface area contributed by atoms with Gasteiger partial charge in [0.2, 0.25) is 5.91 Å². The van der Waals surface area contributed by atoms with Crippen molar-refractivity contribution in [3.63, 3.8) is 0 Å². The average Bonchev–Trinajstić information content (AvgIpc) is 2.79. The van der Waals surface area contributed by atoms with Crippen molar-refractivity contribution < 1.29 is 14.7 Å². The first kappa shape index (κ1) is 15.9. The predicted molar refractivity (Wildman–Crippen MR) is 84.5 cm³/mol. The lowest BCUT2D eigenvalue weighted by Crippen LogP contribution is -2.65. The first-order chi connectivity index (χ1) is 10.2. The number of fused-ring (bicyclic) bond motifs is 1. The second-order valence-electron chi connectivity index (χ2n) is 6.49. The van der Waals surface area contributed by atoms with Gasteiger partial charge < -0.3 is 21.1 Å². The summed E-state index contributed by atoms with van der Waals surface area (Å²) >= 11 is 0. The number of carbonyl (C=O) groups is 2. The molecule has 2 rings (SSSR count). The highest BCUT2D eigenvalue weighted by Gasteiger charge is 2.49. The molecule has 0 unspecified atom stereocenters. The number of nitrogens with two attached hydrogens (primary N) is 1. The van der Waals surface area contributed by atoms with E-state index in [0.29, 0.717) is 0 Å². The van der Waals surface area contributed by atoms with Gasteiger partial charge in [0, 0.05) is 23.5 Å². The molecule has 2 aromatic rings. The summed E-state index contributed by atoms with van der Waals surface area (Å²) < 4.78 is 0. The molecule has 0 saturated heterocycles. The number of hydrogen-bond acceptors (Lipinski definition) is 2. The summed E-state index contributed by atoms with van der Waals surface area (Å²) in [6.45, 7) is 5.38. The molecule has 0 radical (unpaired) electrons. The van der Waals surface area contributed by atoms with Crippen molar-refractivity contribution in [1.82, 2.24) is 10.3 Å². The molecule has 0 aliphatic rings. The fourth-order valence-corrected chi connectivity index (χ4v) is 2.76. The minimum atomic E-state index is -1.40. The highest BCUT2D eigenvalue weighted by molar-refractivity contribution is 5.91. The molecule has 0 spiro atoms. The first-order valence-electron chi connectivity index (χ1n) is 7.03. The smallest absolute Gasteiger partial charge is 0.405 e. The van der Waals surface area contributed by atoms with Gasteiger partial charge in [0.1, 0.15) is 5.54 Å². The van der Waals surface area contributed by atoms with Gasteiger partial charge >= 0.3 is 6.09 Å². The Morgan fingerprint density at radius 3 is 2.45 bits per heavy atom. The molecule has 22 heavy (non-hydrogen) atoms. The van der Waals surface area contributed by atoms with Crippen LogP contribution in [-0.2, 0) is 11.2 Å². The van der Waals surface area contributed by atoms with Gasteiger partial charge in [-0.2, -0.15) is 0 Å². The third-order valence-electron chi connectivity index (χ3n) is 4.15. The zero-order valence-electron chi connectivity index (χ0n) is 12.9. The van der Waals surface area contributed by atoms with Crippen LogP contribution in [0, 0.1) is 5.41 Å². The van der Waals surface area contributed by atoms with Crippen LogP contribution in [-0.4, -0.2) is 27.6 Å². The molecule has 5 N–H and O–H groups in total. The Hall–Kier alpha value is -2.50. The summed E-state index contributed by atoms with van der Waals surface area (Å²) in [4.78, 5) is 26.5. The van der Waals surface area contributed by atoms with Crippen molar-refractivity contribution in [3.8, 4) is 0 Å². The Bertz CT molecular complexity index is 715. The molecule has 1 aromatic carbocycles. The van der Waals surface area contributed by atoms with E-state index in [1.54, 1.807) is 27.0 Å². The van der Waals surface area contributed by atoms with Crippen molar-refractivity contribution in [2.24, 2.45) is 11.1 Å². The fourth-order valence-electron chi connectivity index (χ4n) is 2.76. The van der Waals surface area contributed by atoms with E-state index in [2.05, 4.69) is 10.3 Å². The first-order valence-corrected chi connectivity index (χ1v) is 7.03. The van der Waals surface area contributed by atoms with Gasteiger partial charge in [-0.15, -0.1) is 0 Å². The Morgan fingerprint density at radius 2 is 1.91 bits per heavy atom. The number of para-hydroxylation sites is 1. The fraction of sp³-hybridized carbons (Fsp3) is 0.375. The van der Waals surface area contributed by atoms with Crippen LogP contribution in [0.25, 0.3) is 10.9 Å². The number of rotatable bonds is 4. The predicted octanol–water partition coefficient (Wildman–Crippen LogP) is 2.25. The third kappa shape index (κ3) is 2.64. The number of primary amides is 1.